The molecule has 0 heterocycles. The first-order chi connectivity index (χ1) is 9.24. The summed E-state index contributed by atoms with van der Waals surface area (Å²) < 4.78 is 0. The van der Waals surface area contributed by atoms with Gasteiger partial charge in [0.1, 0.15) is 0 Å². The van der Waals surface area contributed by atoms with Crippen molar-refractivity contribution in [1.29, 1.82) is 0 Å². The number of fused-ring (bicyclic) bond motifs is 1. The van der Waals surface area contributed by atoms with Crippen LogP contribution in [0.15, 0.2) is 11.6 Å². The third kappa shape index (κ3) is 3.28. The van der Waals surface area contributed by atoms with Crippen LogP contribution >= 0.6 is 0 Å². The number of aliphatic hydroxyl groups excluding tert-OH is 1. The molecule has 2 rings (SSSR count). The maximum atomic E-state index is 10.3. The Labute approximate surface area is 124 Å². The van der Waals surface area contributed by atoms with Crippen molar-refractivity contribution in [1.82, 2.24) is 0 Å². The summed E-state index contributed by atoms with van der Waals surface area (Å²) in [7, 11) is 0. The fraction of sp³-hybridized carbons (Fsp3) is 0.889. The molecule has 0 unspecified atom stereocenters. The molecule has 116 valence electrons. The van der Waals surface area contributed by atoms with E-state index in [0.29, 0.717) is 11.8 Å². The summed E-state index contributed by atoms with van der Waals surface area (Å²) in [4.78, 5) is 0. The highest BCUT2D eigenvalue weighted by Gasteiger charge is 2.47. The van der Waals surface area contributed by atoms with Gasteiger partial charge in [-0.1, -0.05) is 31.9 Å². The van der Waals surface area contributed by atoms with E-state index in [4.69, 9.17) is 0 Å². The lowest BCUT2D eigenvalue weighted by molar-refractivity contribution is 0.00755. The first-order valence-electron chi connectivity index (χ1n) is 8.35. The smallest absolute Gasteiger partial charge is 0.0591 e. The van der Waals surface area contributed by atoms with Crippen molar-refractivity contribution >= 4 is 0 Å². The van der Waals surface area contributed by atoms with Crippen LogP contribution in [0.2, 0.25) is 0 Å². The van der Waals surface area contributed by atoms with Gasteiger partial charge in [0.25, 0.3) is 0 Å². The van der Waals surface area contributed by atoms with Crippen molar-refractivity contribution in [2.45, 2.75) is 84.3 Å². The highest BCUT2D eigenvalue weighted by atomic mass is 16.3. The quantitative estimate of drug-likeness (QED) is 0.746. The highest BCUT2D eigenvalue weighted by Crippen LogP contribution is 2.55. The molecule has 0 bridgehead atoms. The largest absolute Gasteiger partial charge is 0.393 e. The van der Waals surface area contributed by atoms with Crippen molar-refractivity contribution < 1.29 is 10.2 Å². The van der Waals surface area contributed by atoms with Crippen molar-refractivity contribution in [2.24, 2.45) is 17.3 Å². The van der Waals surface area contributed by atoms with Crippen LogP contribution in [0.1, 0.15) is 72.6 Å². The minimum absolute atomic E-state index is 0.105. The van der Waals surface area contributed by atoms with Crippen LogP contribution in [0.5, 0.6) is 0 Å². The predicted octanol–water partition coefficient (Wildman–Crippen LogP) is 4.06. The highest BCUT2D eigenvalue weighted by molar-refractivity contribution is 5.26. The number of allylic oxidation sites excluding steroid dienone is 2. The number of rotatable bonds is 5. The lowest BCUT2D eigenvalue weighted by Crippen LogP contribution is -2.39. The molecular formula is C18H32O2. The second-order valence-corrected chi connectivity index (χ2v) is 7.98. The molecule has 0 spiro atoms. The maximum absolute atomic E-state index is 10.3. The Kier molecular flexibility index (Phi) is 4.66. The normalized spacial score (nSPS) is 35.6. The topological polar surface area (TPSA) is 40.5 Å². The fourth-order valence-electron chi connectivity index (χ4n) is 4.51. The van der Waals surface area contributed by atoms with Gasteiger partial charge >= 0.3 is 0 Å². The van der Waals surface area contributed by atoms with Crippen LogP contribution in [0.3, 0.4) is 0 Å². The average molecular weight is 280 g/mol. The van der Waals surface area contributed by atoms with Gasteiger partial charge in [-0.15, -0.1) is 0 Å². The van der Waals surface area contributed by atoms with E-state index in [1.165, 1.54) is 6.42 Å². The fourth-order valence-corrected chi connectivity index (χ4v) is 4.51. The minimum Gasteiger partial charge on any atom is -0.393 e. The van der Waals surface area contributed by atoms with Crippen LogP contribution in [0, 0.1) is 17.3 Å². The lowest BCUT2D eigenvalue weighted by Gasteiger charge is -2.43. The van der Waals surface area contributed by atoms with E-state index < -0.39 is 5.60 Å². The summed E-state index contributed by atoms with van der Waals surface area (Å²) in [6.07, 6.45) is 9.82. The molecule has 0 radical (unpaired) electrons. The summed E-state index contributed by atoms with van der Waals surface area (Å²) >= 11 is 0. The predicted molar refractivity (Wildman–Crippen MR) is 83.5 cm³/mol. The Morgan fingerprint density at radius 1 is 1.45 bits per heavy atom. The van der Waals surface area contributed by atoms with E-state index in [-0.39, 0.29) is 11.5 Å². The second-order valence-electron chi connectivity index (χ2n) is 7.98. The Bertz CT molecular complexity index is 366. The molecule has 20 heavy (non-hydrogen) atoms. The average Bonchev–Trinajstić information content (AvgIpc) is 2.66. The molecule has 0 saturated heterocycles. The van der Waals surface area contributed by atoms with Gasteiger partial charge in [-0.2, -0.15) is 0 Å². The van der Waals surface area contributed by atoms with Crippen molar-refractivity contribution in [3.8, 4) is 0 Å². The zero-order valence-electron chi connectivity index (χ0n) is 13.7. The summed E-state index contributed by atoms with van der Waals surface area (Å²) in [5.74, 6) is 1.03. The summed E-state index contributed by atoms with van der Waals surface area (Å²) in [6.45, 7) is 8.47. The van der Waals surface area contributed by atoms with E-state index in [1.807, 2.05) is 13.8 Å². The molecule has 0 aromatic carbocycles. The van der Waals surface area contributed by atoms with Crippen LogP contribution in [-0.2, 0) is 0 Å². The van der Waals surface area contributed by atoms with Crippen LogP contribution in [0.25, 0.3) is 0 Å². The van der Waals surface area contributed by atoms with Crippen LogP contribution < -0.4 is 0 Å². The van der Waals surface area contributed by atoms with E-state index in [9.17, 15) is 10.2 Å². The molecule has 2 aliphatic carbocycles. The third-order valence-corrected chi connectivity index (χ3v) is 5.69. The third-order valence-electron chi connectivity index (χ3n) is 5.69. The molecular weight excluding hydrogens is 248 g/mol. The van der Waals surface area contributed by atoms with E-state index in [2.05, 4.69) is 19.9 Å². The van der Waals surface area contributed by atoms with E-state index >= 15 is 0 Å². The van der Waals surface area contributed by atoms with Crippen LogP contribution in [-0.4, -0.2) is 21.9 Å². The van der Waals surface area contributed by atoms with Gasteiger partial charge in [0.05, 0.1) is 11.7 Å². The standard InChI is InChI=1S/C18H32O2/c1-13(7-5-11-17(2,3)20)14-9-10-15-16(19)8-6-12-18(14,15)4/h9,13,15-16,19-20H,5-8,10-12H2,1-4H3/t13-,15+,16+,18-/m1/s1. The molecule has 0 aliphatic heterocycles. The van der Waals surface area contributed by atoms with Gasteiger partial charge in [0, 0.05) is 0 Å². The Morgan fingerprint density at radius 2 is 2.15 bits per heavy atom. The Balaban J connectivity index is 1.95. The number of hydrogen-bond donors (Lipinski definition) is 2. The zero-order chi connectivity index (χ0) is 15.0. The Hall–Kier alpha value is -0.340. The van der Waals surface area contributed by atoms with Gasteiger partial charge in [-0.05, 0) is 69.6 Å². The lowest BCUT2D eigenvalue weighted by atomic mass is 9.63. The molecule has 2 N–H and O–H groups in total. The molecule has 2 aliphatic rings. The monoisotopic (exact) mass is 280 g/mol. The molecule has 4 atom stereocenters. The van der Waals surface area contributed by atoms with Gasteiger partial charge in [0.15, 0.2) is 0 Å². The van der Waals surface area contributed by atoms with Gasteiger partial charge < -0.3 is 10.2 Å². The van der Waals surface area contributed by atoms with Crippen LogP contribution in [0.4, 0.5) is 0 Å². The Morgan fingerprint density at radius 3 is 2.80 bits per heavy atom. The van der Waals surface area contributed by atoms with Crippen molar-refractivity contribution in [3.63, 3.8) is 0 Å². The van der Waals surface area contributed by atoms with E-state index in [1.54, 1.807) is 5.57 Å². The van der Waals surface area contributed by atoms with Gasteiger partial charge in [0.2, 0.25) is 0 Å². The molecule has 1 saturated carbocycles. The summed E-state index contributed by atoms with van der Waals surface area (Å²) in [5, 5.41) is 20.1. The van der Waals surface area contributed by atoms with Gasteiger partial charge in [-0.25, -0.2) is 0 Å². The second kappa shape index (κ2) is 5.81. The van der Waals surface area contributed by atoms with E-state index in [0.717, 1.165) is 38.5 Å². The molecule has 0 aromatic rings. The first-order valence-corrected chi connectivity index (χ1v) is 8.35. The minimum atomic E-state index is -0.544. The molecule has 1 fully saturated rings. The molecule has 2 nitrogen and oxygen atoms in total. The zero-order valence-corrected chi connectivity index (χ0v) is 13.7. The van der Waals surface area contributed by atoms with Gasteiger partial charge in [-0.3, -0.25) is 0 Å². The SMILES string of the molecule is C[C@H](CCCC(C)(C)O)C1=CC[C@H]2[C@@H](O)CCC[C@]12C. The van der Waals surface area contributed by atoms with Crippen molar-refractivity contribution in [3.05, 3.63) is 11.6 Å². The summed E-state index contributed by atoms with van der Waals surface area (Å²) in [5.41, 5.74) is 1.26. The molecule has 0 aromatic heterocycles. The molecule has 0 amide bonds. The number of hydrogen-bond acceptors (Lipinski definition) is 2. The first kappa shape index (κ1) is 16.0. The summed E-state index contributed by atoms with van der Waals surface area (Å²) in [6, 6.07) is 0. The number of aliphatic hydroxyl groups is 2. The maximum Gasteiger partial charge on any atom is 0.0591 e. The molecule has 2 heteroatoms. The van der Waals surface area contributed by atoms with Crippen molar-refractivity contribution in [2.75, 3.05) is 0 Å².